The van der Waals surface area contributed by atoms with Gasteiger partial charge in [0.25, 0.3) is 0 Å². The third kappa shape index (κ3) is 6.89. The van der Waals surface area contributed by atoms with Crippen LogP contribution in [0.4, 0.5) is 8.78 Å². The van der Waals surface area contributed by atoms with Crippen molar-refractivity contribution in [3.8, 4) is 10.4 Å². The molecule has 0 radical (unpaired) electrons. The van der Waals surface area contributed by atoms with E-state index in [1.807, 2.05) is 24.3 Å². The van der Waals surface area contributed by atoms with Crippen molar-refractivity contribution in [2.45, 2.75) is 63.1 Å². The van der Waals surface area contributed by atoms with Crippen molar-refractivity contribution in [1.82, 2.24) is 10.6 Å². The highest BCUT2D eigenvalue weighted by Gasteiger charge is 2.35. The summed E-state index contributed by atoms with van der Waals surface area (Å²) in [5, 5.41) is 17.5. The molecular formula is C29H32F2N2O3S. The molecule has 0 saturated heterocycles. The van der Waals surface area contributed by atoms with E-state index in [9.17, 15) is 23.5 Å². The molecular weight excluding hydrogens is 494 g/mol. The molecule has 1 aromatic heterocycles. The van der Waals surface area contributed by atoms with Gasteiger partial charge in [-0.15, -0.1) is 11.3 Å². The summed E-state index contributed by atoms with van der Waals surface area (Å²) in [5.74, 6) is -1.89. The lowest BCUT2D eigenvalue weighted by molar-refractivity contribution is -0.127. The van der Waals surface area contributed by atoms with Crippen molar-refractivity contribution in [2.75, 3.05) is 6.54 Å². The molecule has 2 aromatic carbocycles. The second-order valence-corrected chi connectivity index (χ2v) is 11.0. The fraction of sp³-hybridized carbons (Fsp3) is 0.379. The Morgan fingerprint density at radius 2 is 1.81 bits per heavy atom. The van der Waals surface area contributed by atoms with Crippen LogP contribution in [0.2, 0.25) is 0 Å². The Morgan fingerprint density at radius 1 is 1.08 bits per heavy atom. The molecule has 1 saturated carbocycles. The molecule has 1 aliphatic carbocycles. The predicted molar refractivity (Wildman–Crippen MR) is 141 cm³/mol. The zero-order valence-corrected chi connectivity index (χ0v) is 21.7. The fourth-order valence-corrected chi connectivity index (χ4v) is 6.17. The van der Waals surface area contributed by atoms with Gasteiger partial charge in [-0.2, -0.15) is 0 Å². The summed E-state index contributed by atoms with van der Waals surface area (Å²) in [4.78, 5) is 24.7. The van der Waals surface area contributed by atoms with Gasteiger partial charge in [0.05, 0.1) is 4.88 Å². The molecule has 196 valence electrons. The van der Waals surface area contributed by atoms with E-state index in [4.69, 9.17) is 0 Å². The maximum absolute atomic E-state index is 13.7. The number of carbonyl (C=O) groups excluding carboxylic acids is 2. The third-order valence-electron chi connectivity index (χ3n) is 6.98. The maximum Gasteiger partial charge on any atom is 0.219 e. The Labute approximate surface area is 219 Å². The topological polar surface area (TPSA) is 78.4 Å². The molecule has 0 unspecified atom stereocenters. The standard InChI is InChI=1S/C29H32F2N2O3S/c1-20(35)33-29(36,18-21-14-24(30)17-25(31)15-21)12-13-32-28(10-3-2-4-11-28)23-7-5-6-22(16-23)27-9-8-26(19-34)37-27/h5-9,14-17,19,32,36H,2-4,10-13,18H2,1H3,(H,33,35)/t29-/m1/s1. The van der Waals surface area contributed by atoms with Crippen LogP contribution in [0.25, 0.3) is 10.4 Å². The molecule has 1 atom stereocenters. The van der Waals surface area contributed by atoms with Crippen LogP contribution in [0.15, 0.2) is 54.6 Å². The minimum Gasteiger partial charge on any atom is -0.371 e. The number of nitrogens with one attached hydrogen (secondary N) is 2. The lowest BCUT2D eigenvalue weighted by Gasteiger charge is -2.40. The van der Waals surface area contributed by atoms with E-state index in [-0.39, 0.29) is 23.9 Å². The summed E-state index contributed by atoms with van der Waals surface area (Å²) >= 11 is 1.45. The highest BCUT2D eigenvalue weighted by Crippen LogP contribution is 2.39. The Kier molecular flexibility index (Phi) is 8.52. The van der Waals surface area contributed by atoms with E-state index in [1.54, 1.807) is 0 Å². The molecule has 0 bridgehead atoms. The third-order valence-corrected chi connectivity index (χ3v) is 8.04. The lowest BCUT2D eigenvalue weighted by Crippen LogP contribution is -2.53. The molecule has 1 heterocycles. The molecule has 5 nitrogen and oxygen atoms in total. The van der Waals surface area contributed by atoms with E-state index in [2.05, 4.69) is 22.8 Å². The molecule has 37 heavy (non-hydrogen) atoms. The van der Waals surface area contributed by atoms with Crippen molar-refractivity contribution >= 4 is 23.5 Å². The van der Waals surface area contributed by atoms with Crippen molar-refractivity contribution in [3.05, 3.63) is 82.2 Å². The molecule has 3 N–H and O–H groups in total. The Balaban J connectivity index is 1.54. The van der Waals surface area contributed by atoms with Gasteiger partial charge in [0.15, 0.2) is 6.29 Å². The van der Waals surface area contributed by atoms with Gasteiger partial charge < -0.3 is 15.7 Å². The van der Waals surface area contributed by atoms with Gasteiger partial charge in [-0.3, -0.25) is 9.59 Å². The van der Waals surface area contributed by atoms with Crippen LogP contribution in [0.5, 0.6) is 0 Å². The number of hydrogen-bond donors (Lipinski definition) is 3. The van der Waals surface area contributed by atoms with Crippen LogP contribution in [0, 0.1) is 11.6 Å². The highest BCUT2D eigenvalue weighted by molar-refractivity contribution is 7.17. The first-order valence-corrected chi connectivity index (χ1v) is 13.4. The Morgan fingerprint density at radius 3 is 2.46 bits per heavy atom. The van der Waals surface area contributed by atoms with Crippen molar-refractivity contribution in [1.29, 1.82) is 0 Å². The smallest absolute Gasteiger partial charge is 0.219 e. The van der Waals surface area contributed by atoms with Gasteiger partial charge in [0.2, 0.25) is 5.91 Å². The van der Waals surface area contributed by atoms with Gasteiger partial charge in [-0.25, -0.2) is 8.78 Å². The number of hydrogen-bond acceptors (Lipinski definition) is 5. The van der Waals surface area contributed by atoms with Crippen LogP contribution in [0.3, 0.4) is 0 Å². The minimum atomic E-state index is -1.67. The van der Waals surface area contributed by atoms with Gasteiger partial charge in [-0.05, 0) is 59.9 Å². The van der Waals surface area contributed by atoms with Crippen LogP contribution in [-0.2, 0) is 16.8 Å². The zero-order chi connectivity index (χ0) is 26.5. The lowest BCUT2D eigenvalue weighted by atomic mass is 9.76. The quantitative estimate of drug-likeness (QED) is 0.234. The number of thiophene rings is 1. The van der Waals surface area contributed by atoms with Gasteiger partial charge in [-0.1, -0.05) is 37.5 Å². The molecule has 0 spiro atoms. The largest absolute Gasteiger partial charge is 0.371 e. The maximum atomic E-state index is 13.7. The number of amides is 1. The van der Waals surface area contributed by atoms with E-state index >= 15 is 0 Å². The first-order chi connectivity index (χ1) is 17.7. The summed E-state index contributed by atoms with van der Waals surface area (Å²) in [7, 11) is 0. The number of aliphatic hydroxyl groups is 1. The predicted octanol–water partition coefficient (Wildman–Crippen LogP) is 5.71. The zero-order valence-electron chi connectivity index (χ0n) is 20.9. The normalized spacial score (nSPS) is 16.6. The average Bonchev–Trinajstić information content (AvgIpc) is 3.33. The van der Waals surface area contributed by atoms with E-state index in [1.165, 1.54) is 18.3 Å². The van der Waals surface area contributed by atoms with Crippen LogP contribution in [-0.4, -0.2) is 29.6 Å². The molecule has 1 aliphatic rings. The van der Waals surface area contributed by atoms with E-state index < -0.39 is 23.3 Å². The number of aldehydes is 1. The summed E-state index contributed by atoms with van der Waals surface area (Å²) in [6.45, 7) is 1.69. The van der Waals surface area contributed by atoms with Crippen LogP contribution < -0.4 is 10.6 Å². The van der Waals surface area contributed by atoms with Crippen molar-refractivity contribution in [2.24, 2.45) is 0 Å². The summed E-state index contributed by atoms with van der Waals surface area (Å²) < 4.78 is 27.5. The van der Waals surface area contributed by atoms with Crippen LogP contribution in [0.1, 0.15) is 66.2 Å². The molecule has 1 fully saturated rings. The summed E-state index contributed by atoms with van der Waals surface area (Å²) in [6.07, 6.45) is 6.01. The first kappa shape index (κ1) is 27.1. The van der Waals surface area contributed by atoms with Gasteiger partial charge in [0.1, 0.15) is 17.4 Å². The second kappa shape index (κ2) is 11.6. The number of carbonyl (C=O) groups is 2. The Hall–Kier alpha value is -2.94. The molecule has 3 aromatic rings. The number of benzene rings is 2. The summed E-state index contributed by atoms with van der Waals surface area (Å²) in [5.41, 5.74) is 0.478. The Bertz CT molecular complexity index is 1240. The summed E-state index contributed by atoms with van der Waals surface area (Å²) in [6, 6.07) is 15.2. The van der Waals surface area contributed by atoms with E-state index in [0.29, 0.717) is 11.4 Å². The molecule has 8 heteroatoms. The first-order valence-electron chi connectivity index (χ1n) is 12.6. The fourth-order valence-electron chi connectivity index (χ4n) is 5.35. The highest BCUT2D eigenvalue weighted by atomic mass is 32.1. The van der Waals surface area contributed by atoms with Crippen molar-refractivity contribution < 1.29 is 23.5 Å². The molecule has 4 rings (SSSR count). The van der Waals surface area contributed by atoms with Crippen molar-refractivity contribution in [3.63, 3.8) is 0 Å². The average molecular weight is 527 g/mol. The number of halogens is 2. The van der Waals surface area contributed by atoms with Gasteiger partial charge >= 0.3 is 0 Å². The van der Waals surface area contributed by atoms with E-state index in [0.717, 1.165) is 72.6 Å². The number of rotatable bonds is 10. The molecule has 0 aliphatic heterocycles. The van der Waals surface area contributed by atoms with Crippen LogP contribution >= 0.6 is 11.3 Å². The second-order valence-electron chi connectivity index (χ2n) is 9.89. The monoisotopic (exact) mass is 526 g/mol. The van der Waals surface area contributed by atoms with Gasteiger partial charge in [0, 0.05) is 42.8 Å². The minimum absolute atomic E-state index is 0.122. The SMILES string of the molecule is CC(=O)N[C@@](O)(CCNC1(c2cccc(-c3ccc(C=O)s3)c2)CCCCC1)Cc1cc(F)cc(F)c1. The molecule has 1 amide bonds.